The first-order valence-electron chi connectivity index (χ1n) is 8.76. The molecule has 2 N–H and O–H groups in total. The van der Waals surface area contributed by atoms with E-state index < -0.39 is 5.97 Å². The number of hydrogen-bond donors (Lipinski definition) is 2. The highest BCUT2D eigenvalue weighted by Gasteiger charge is 2.11. The van der Waals surface area contributed by atoms with Gasteiger partial charge in [-0.25, -0.2) is 4.79 Å². The summed E-state index contributed by atoms with van der Waals surface area (Å²) in [4.78, 5) is 28.3. The molecule has 28 heavy (non-hydrogen) atoms. The predicted octanol–water partition coefficient (Wildman–Crippen LogP) is 4.48. The number of methoxy groups -OCH3 is 1. The molecule has 0 aliphatic rings. The predicted molar refractivity (Wildman–Crippen MR) is 109 cm³/mol. The molecule has 0 saturated heterocycles. The van der Waals surface area contributed by atoms with Crippen LogP contribution in [-0.2, 0) is 4.74 Å². The van der Waals surface area contributed by atoms with Gasteiger partial charge in [0, 0.05) is 23.3 Å². The third kappa shape index (κ3) is 4.54. The van der Waals surface area contributed by atoms with Crippen LogP contribution >= 0.6 is 0 Å². The lowest BCUT2D eigenvalue weighted by Gasteiger charge is -2.10. The zero-order chi connectivity index (χ0) is 20.1. The van der Waals surface area contributed by atoms with Gasteiger partial charge in [0.05, 0.1) is 12.7 Å². The standard InChI is InChI=1S/C22H21N3O3/c1-14-7-8-18(11-15(14)2)24-19-9-10-23-20(13-19)21(26)25-17-6-4-5-16(12-17)22(27)28-3/h4-13H,1-3H3,(H,23,24)(H,25,26). The first-order chi connectivity index (χ1) is 13.5. The molecule has 3 aromatic rings. The van der Waals surface area contributed by atoms with Crippen molar-refractivity contribution in [3.63, 3.8) is 0 Å². The van der Waals surface area contributed by atoms with Crippen molar-refractivity contribution in [3.05, 3.63) is 83.2 Å². The monoisotopic (exact) mass is 375 g/mol. The Morgan fingerprint density at radius 1 is 0.893 bits per heavy atom. The molecule has 2 aromatic carbocycles. The van der Waals surface area contributed by atoms with Crippen LogP contribution in [0.1, 0.15) is 32.0 Å². The average molecular weight is 375 g/mol. The minimum atomic E-state index is -0.464. The van der Waals surface area contributed by atoms with Crippen molar-refractivity contribution in [2.75, 3.05) is 17.7 Å². The van der Waals surface area contributed by atoms with Gasteiger partial charge in [0.1, 0.15) is 5.69 Å². The minimum absolute atomic E-state index is 0.261. The third-order valence-electron chi connectivity index (χ3n) is 4.33. The number of ether oxygens (including phenoxy) is 1. The van der Waals surface area contributed by atoms with Crippen LogP contribution in [0.25, 0.3) is 0 Å². The molecule has 0 fully saturated rings. The molecule has 0 saturated carbocycles. The number of pyridine rings is 1. The van der Waals surface area contributed by atoms with Gasteiger partial charge in [-0.1, -0.05) is 12.1 Å². The van der Waals surface area contributed by atoms with E-state index in [0.29, 0.717) is 11.3 Å². The van der Waals surface area contributed by atoms with E-state index in [1.807, 2.05) is 25.1 Å². The van der Waals surface area contributed by atoms with E-state index in [0.717, 1.165) is 11.4 Å². The van der Waals surface area contributed by atoms with E-state index in [1.165, 1.54) is 18.2 Å². The zero-order valence-electron chi connectivity index (χ0n) is 15.9. The Kier molecular flexibility index (Phi) is 5.69. The smallest absolute Gasteiger partial charge is 0.337 e. The summed E-state index contributed by atoms with van der Waals surface area (Å²) in [5, 5.41) is 6.03. The van der Waals surface area contributed by atoms with E-state index in [1.54, 1.807) is 42.6 Å². The Labute approximate surface area is 163 Å². The number of rotatable bonds is 5. The van der Waals surface area contributed by atoms with Crippen molar-refractivity contribution in [2.24, 2.45) is 0 Å². The Hall–Kier alpha value is -3.67. The fourth-order valence-electron chi connectivity index (χ4n) is 2.66. The Balaban J connectivity index is 1.75. The SMILES string of the molecule is COC(=O)c1cccc(NC(=O)c2cc(Nc3ccc(C)c(C)c3)ccn2)c1. The van der Waals surface area contributed by atoms with Crippen LogP contribution < -0.4 is 10.6 Å². The Morgan fingerprint density at radius 3 is 2.43 bits per heavy atom. The highest BCUT2D eigenvalue weighted by Crippen LogP contribution is 2.20. The molecule has 0 aliphatic carbocycles. The molecule has 0 spiro atoms. The van der Waals surface area contributed by atoms with Crippen LogP contribution in [0.3, 0.4) is 0 Å². The van der Waals surface area contributed by atoms with Gasteiger partial charge in [-0.05, 0) is 67.4 Å². The van der Waals surface area contributed by atoms with E-state index in [4.69, 9.17) is 4.74 Å². The molecule has 142 valence electrons. The summed E-state index contributed by atoms with van der Waals surface area (Å²) in [6.45, 7) is 4.11. The fraction of sp³-hybridized carbons (Fsp3) is 0.136. The molecule has 6 heteroatoms. The minimum Gasteiger partial charge on any atom is -0.465 e. The Morgan fingerprint density at radius 2 is 1.68 bits per heavy atom. The van der Waals surface area contributed by atoms with Gasteiger partial charge in [0.2, 0.25) is 0 Å². The number of benzene rings is 2. The van der Waals surface area contributed by atoms with E-state index in [-0.39, 0.29) is 11.6 Å². The molecule has 3 rings (SSSR count). The quantitative estimate of drug-likeness (QED) is 0.643. The normalized spacial score (nSPS) is 10.2. The van der Waals surface area contributed by atoms with E-state index in [9.17, 15) is 9.59 Å². The first-order valence-corrected chi connectivity index (χ1v) is 8.76. The number of aryl methyl sites for hydroxylation is 2. The van der Waals surface area contributed by atoms with Crippen LogP contribution in [0, 0.1) is 13.8 Å². The molecule has 0 atom stereocenters. The second-order valence-electron chi connectivity index (χ2n) is 6.38. The number of nitrogens with zero attached hydrogens (tertiary/aromatic N) is 1. The molecule has 1 aromatic heterocycles. The second kappa shape index (κ2) is 8.35. The maximum atomic E-state index is 12.6. The molecule has 1 heterocycles. The average Bonchev–Trinajstić information content (AvgIpc) is 2.70. The number of anilines is 3. The molecular weight excluding hydrogens is 354 g/mol. The first kappa shape index (κ1) is 19.1. The summed E-state index contributed by atoms with van der Waals surface area (Å²) in [6, 6.07) is 16.1. The second-order valence-corrected chi connectivity index (χ2v) is 6.38. The van der Waals surface area contributed by atoms with Gasteiger partial charge in [0.15, 0.2) is 0 Å². The number of carbonyl (C=O) groups excluding carboxylic acids is 2. The molecule has 0 unspecified atom stereocenters. The highest BCUT2D eigenvalue weighted by atomic mass is 16.5. The van der Waals surface area contributed by atoms with Crippen LogP contribution in [0.15, 0.2) is 60.8 Å². The van der Waals surface area contributed by atoms with Crippen molar-refractivity contribution >= 4 is 28.9 Å². The van der Waals surface area contributed by atoms with Crippen LogP contribution in [0.5, 0.6) is 0 Å². The summed E-state index contributed by atoms with van der Waals surface area (Å²) in [5.74, 6) is -0.834. The molecular formula is C22H21N3O3. The lowest BCUT2D eigenvalue weighted by atomic mass is 10.1. The fourth-order valence-corrected chi connectivity index (χ4v) is 2.66. The number of esters is 1. The number of carbonyl (C=O) groups is 2. The van der Waals surface area contributed by atoms with Crippen molar-refractivity contribution in [1.82, 2.24) is 4.98 Å². The summed E-state index contributed by atoms with van der Waals surface area (Å²) in [5.41, 5.74) is 5.20. The van der Waals surface area contributed by atoms with Gasteiger partial charge in [-0.2, -0.15) is 0 Å². The molecule has 0 aliphatic heterocycles. The molecule has 0 bridgehead atoms. The van der Waals surface area contributed by atoms with Crippen molar-refractivity contribution < 1.29 is 14.3 Å². The summed E-state index contributed by atoms with van der Waals surface area (Å²) in [7, 11) is 1.31. The van der Waals surface area contributed by atoms with Crippen molar-refractivity contribution in [3.8, 4) is 0 Å². The maximum Gasteiger partial charge on any atom is 0.337 e. The van der Waals surface area contributed by atoms with Gasteiger partial charge >= 0.3 is 5.97 Å². The van der Waals surface area contributed by atoms with Crippen LogP contribution in [0.2, 0.25) is 0 Å². The number of nitrogens with one attached hydrogen (secondary N) is 2. The van der Waals surface area contributed by atoms with Gasteiger partial charge in [-0.3, -0.25) is 9.78 Å². The van der Waals surface area contributed by atoms with E-state index >= 15 is 0 Å². The lowest BCUT2D eigenvalue weighted by molar-refractivity contribution is 0.0600. The largest absolute Gasteiger partial charge is 0.465 e. The van der Waals surface area contributed by atoms with Crippen LogP contribution in [-0.4, -0.2) is 24.0 Å². The molecule has 1 amide bonds. The molecule has 0 radical (unpaired) electrons. The van der Waals surface area contributed by atoms with E-state index in [2.05, 4.69) is 22.5 Å². The number of amides is 1. The third-order valence-corrected chi connectivity index (χ3v) is 4.33. The van der Waals surface area contributed by atoms with Crippen LogP contribution in [0.4, 0.5) is 17.1 Å². The van der Waals surface area contributed by atoms with Crippen molar-refractivity contribution in [1.29, 1.82) is 0 Å². The lowest BCUT2D eigenvalue weighted by Crippen LogP contribution is -2.14. The summed E-state index contributed by atoms with van der Waals surface area (Å²) < 4.78 is 4.70. The van der Waals surface area contributed by atoms with Gasteiger partial charge < -0.3 is 15.4 Å². The summed E-state index contributed by atoms with van der Waals surface area (Å²) >= 11 is 0. The topological polar surface area (TPSA) is 80.3 Å². The highest BCUT2D eigenvalue weighted by molar-refractivity contribution is 6.04. The zero-order valence-corrected chi connectivity index (χ0v) is 15.9. The van der Waals surface area contributed by atoms with Gasteiger partial charge in [0.25, 0.3) is 5.91 Å². The number of hydrogen-bond acceptors (Lipinski definition) is 5. The van der Waals surface area contributed by atoms with Gasteiger partial charge in [-0.15, -0.1) is 0 Å². The maximum absolute atomic E-state index is 12.6. The molecule has 6 nitrogen and oxygen atoms in total. The summed E-state index contributed by atoms with van der Waals surface area (Å²) in [6.07, 6.45) is 1.57. The number of aromatic nitrogens is 1. The van der Waals surface area contributed by atoms with Crippen molar-refractivity contribution in [2.45, 2.75) is 13.8 Å². The Bertz CT molecular complexity index is 1030.